The lowest BCUT2D eigenvalue weighted by Gasteiger charge is -2.19. The van der Waals surface area contributed by atoms with Crippen molar-refractivity contribution in [2.24, 2.45) is 0 Å². The number of aryl methyl sites for hydroxylation is 1. The van der Waals surface area contributed by atoms with Crippen molar-refractivity contribution in [3.63, 3.8) is 0 Å². The van der Waals surface area contributed by atoms with Crippen molar-refractivity contribution in [1.82, 2.24) is 14.5 Å². The highest BCUT2D eigenvalue weighted by Gasteiger charge is 2.23. The number of hydrogen-bond donors (Lipinski definition) is 1. The Bertz CT molecular complexity index is 1470. The standard InChI is InChI=1S/C25H23Cl2N3O5S/c26-19-6-4-18(21(27)12-19)15-30-25-16(2-1-3-17(25)14-28-30)5-9-24(31)29-36(32,33)20-7-8-22-23(13-20)35-11-10-34-22/h4-8,12-14H,1-3,9-11,15H2,(H,29,31)/b16-5+. The van der Waals surface area contributed by atoms with Gasteiger partial charge in [-0.25, -0.2) is 13.1 Å². The van der Waals surface area contributed by atoms with Crippen molar-refractivity contribution in [3.05, 3.63) is 75.5 Å². The molecular formula is C25H23Cl2N3O5S. The third-order valence-electron chi connectivity index (χ3n) is 6.05. The third-order valence-corrected chi connectivity index (χ3v) is 8.01. The number of amides is 1. The van der Waals surface area contributed by atoms with Crippen LogP contribution in [0.4, 0.5) is 0 Å². The first kappa shape index (κ1) is 24.7. The van der Waals surface area contributed by atoms with Gasteiger partial charge in [-0.1, -0.05) is 35.3 Å². The minimum Gasteiger partial charge on any atom is -0.486 e. The van der Waals surface area contributed by atoms with E-state index < -0.39 is 15.9 Å². The van der Waals surface area contributed by atoms with E-state index in [4.69, 9.17) is 32.7 Å². The number of allylic oxidation sites excluding steroid dienone is 1. The first-order valence-electron chi connectivity index (χ1n) is 11.4. The average molecular weight is 548 g/mol. The van der Waals surface area contributed by atoms with E-state index in [9.17, 15) is 13.2 Å². The maximum atomic E-state index is 12.8. The number of sulfonamides is 1. The van der Waals surface area contributed by atoms with Gasteiger partial charge >= 0.3 is 0 Å². The Morgan fingerprint density at radius 3 is 2.69 bits per heavy atom. The molecule has 0 bridgehead atoms. The second-order valence-corrected chi connectivity index (χ2v) is 11.1. The van der Waals surface area contributed by atoms with Gasteiger partial charge in [0.15, 0.2) is 11.5 Å². The first-order valence-corrected chi connectivity index (χ1v) is 13.7. The van der Waals surface area contributed by atoms with Gasteiger partial charge < -0.3 is 9.47 Å². The van der Waals surface area contributed by atoms with E-state index in [0.717, 1.165) is 41.7 Å². The number of aromatic nitrogens is 2. The summed E-state index contributed by atoms with van der Waals surface area (Å²) in [5.74, 6) is 0.180. The van der Waals surface area contributed by atoms with Gasteiger partial charge in [-0.3, -0.25) is 9.48 Å². The molecule has 11 heteroatoms. The summed E-state index contributed by atoms with van der Waals surface area (Å²) < 4.78 is 40.4. The summed E-state index contributed by atoms with van der Waals surface area (Å²) in [6, 6.07) is 9.60. The average Bonchev–Trinajstić information content (AvgIpc) is 3.27. The predicted octanol–water partition coefficient (Wildman–Crippen LogP) is 4.62. The Labute approximate surface area is 218 Å². The number of carbonyl (C=O) groups excluding carboxylic acids is 1. The Balaban J connectivity index is 1.31. The second-order valence-electron chi connectivity index (χ2n) is 8.53. The van der Waals surface area contributed by atoms with Crippen molar-refractivity contribution >= 4 is 44.7 Å². The molecule has 8 nitrogen and oxygen atoms in total. The van der Waals surface area contributed by atoms with E-state index in [1.807, 2.05) is 16.9 Å². The van der Waals surface area contributed by atoms with Gasteiger partial charge in [-0.2, -0.15) is 5.10 Å². The molecule has 1 amide bonds. The molecule has 1 aliphatic carbocycles. The van der Waals surface area contributed by atoms with Gasteiger partial charge in [-0.15, -0.1) is 0 Å². The fraction of sp³-hybridized carbons (Fsp3) is 0.280. The largest absolute Gasteiger partial charge is 0.486 e. The molecule has 5 rings (SSSR count). The summed E-state index contributed by atoms with van der Waals surface area (Å²) >= 11 is 12.4. The summed E-state index contributed by atoms with van der Waals surface area (Å²) in [7, 11) is -4.06. The highest BCUT2D eigenvalue weighted by Crippen LogP contribution is 2.33. The lowest BCUT2D eigenvalue weighted by Crippen LogP contribution is -2.30. The Kier molecular flexibility index (Phi) is 6.96. The number of ether oxygens (including phenoxy) is 2. The van der Waals surface area contributed by atoms with Crippen molar-refractivity contribution < 1.29 is 22.7 Å². The van der Waals surface area contributed by atoms with Crippen molar-refractivity contribution in [2.45, 2.75) is 37.1 Å². The van der Waals surface area contributed by atoms with Crippen LogP contribution in [0.3, 0.4) is 0 Å². The van der Waals surface area contributed by atoms with Crippen LogP contribution in [0.5, 0.6) is 11.5 Å². The first-order chi connectivity index (χ1) is 17.3. The lowest BCUT2D eigenvalue weighted by atomic mass is 9.92. The van der Waals surface area contributed by atoms with Crippen LogP contribution in [-0.4, -0.2) is 37.3 Å². The van der Waals surface area contributed by atoms with Gasteiger partial charge in [0.2, 0.25) is 5.91 Å². The number of hydrogen-bond acceptors (Lipinski definition) is 6. The fourth-order valence-corrected chi connectivity index (χ4v) is 5.83. The number of nitrogens with one attached hydrogen (secondary N) is 1. The number of benzene rings is 2. The zero-order valence-electron chi connectivity index (χ0n) is 19.2. The summed E-state index contributed by atoms with van der Waals surface area (Å²) in [6.07, 6.45) is 6.07. The molecule has 0 spiro atoms. The molecule has 2 aromatic carbocycles. The SMILES string of the molecule is O=C(C/C=C1\CCCc2cnn(Cc3ccc(Cl)cc3Cl)c21)NS(=O)(=O)c1ccc2c(c1)OCCO2. The molecule has 0 fully saturated rings. The Morgan fingerprint density at radius 2 is 1.89 bits per heavy atom. The van der Waals surface area contributed by atoms with E-state index >= 15 is 0 Å². The molecule has 1 aliphatic heterocycles. The molecule has 3 aromatic rings. The topological polar surface area (TPSA) is 99.5 Å². The van der Waals surface area contributed by atoms with Gasteiger partial charge in [-0.05, 0) is 60.2 Å². The van der Waals surface area contributed by atoms with Gasteiger partial charge in [0.1, 0.15) is 13.2 Å². The second kappa shape index (κ2) is 10.2. The molecule has 0 unspecified atom stereocenters. The zero-order chi connectivity index (χ0) is 25.3. The van der Waals surface area contributed by atoms with Crippen LogP contribution in [0.2, 0.25) is 10.0 Å². The predicted molar refractivity (Wildman–Crippen MR) is 136 cm³/mol. The molecular weight excluding hydrogens is 525 g/mol. The van der Waals surface area contributed by atoms with Gasteiger partial charge in [0, 0.05) is 22.5 Å². The maximum Gasteiger partial charge on any atom is 0.264 e. The molecule has 0 radical (unpaired) electrons. The molecule has 2 aliphatic rings. The summed E-state index contributed by atoms with van der Waals surface area (Å²) in [5.41, 5.74) is 3.85. The molecule has 0 atom stereocenters. The smallest absolute Gasteiger partial charge is 0.264 e. The number of fused-ring (bicyclic) bond motifs is 2. The van der Waals surface area contributed by atoms with Crippen LogP contribution in [0.1, 0.15) is 36.1 Å². The number of rotatable bonds is 6. The molecule has 2 heterocycles. The van der Waals surface area contributed by atoms with E-state index in [0.29, 0.717) is 41.3 Å². The van der Waals surface area contributed by atoms with Crippen molar-refractivity contribution in [3.8, 4) is 11.5 Å². The van der Waals surface area contributed by atoms with Crippen LogP contribution in [0.25, 0.3) is 5.57 Å². The van der Waals surface area contributed by atoms with Crippen molar-refractivity contribution in [1.29, 1.82) is 0 Å². The highest BCUT2D eigenvalue weighted by atomic mass is 35.5. The van der Waals surface area contributed by atoms with Crippen molar-refractivity contribution in [2.75, 3.05) is 13.2 Å². The van der Waals surface area contributed by atoms with Crippen LogP contribution in [0, 0.1) is 0 Å². The monoisotopic (exact) mass is 547 g/mol. The fourth-order valence-electron chi connectivity index (χ4n) is 4.35. The van der Waals surface area contributed by atoms with E-state index in [1.165, 1.54) is 18.2 Å². The highest BCUT2D eigenvalue weighted by molar-refractivity contribution is 7.90. The minimum atomic E-state index is -4.06. The minimum absolute atomic E-state index is 0.0642. The molecule has 1 N–H and O–H groups in total. The van der Waals surface area contributed by atoms with E-state index in [2.05, 4.69) is 9.82 Å². The molecule has 0 saturated carbocycles. The Morgan fingerprint density at radius 1 is 1.08 bits per heavy atom. The van der Waals surface area contributed by atoms with Crippen LogP contribution >= 0.6 is 23.2 Å². The van der Waals surface area contributed by atoms with E-state index in [-0.39, 0.29) is 11.3 Å². The lowest BCUT2D eigenvalue weighted by molar-refractivity contribution is -0.118. The summed E-state index contributed by atoms with van der Waals surface area (Å²) in [6.45, 7) is 1.18. The summed E-state index contributed by atoms with van der Waals surface area (Å²) in [4.78, 5) is 12.6. The van der Waals surface area contributed by atoms with E-state index in [1.54, 1.807) is 18.2 Å². The normalized spacial score (nSPS) is 16.0. The maximum absolute atomic E-state index is 12.8. The Hall–Kier alpha value is -3.01. The summed E-state index contributed by atoms with van der Waals surface area (Å²) in [5, 5.41) is 5.65. The number of halogens is 2. The molecule has 36 heavy (non-hydrogen) atoms. The number of nitrogens with zero attached hydrogens (tertiary/aromatic N) is 2. The third kappa shape index (κ3) is 5.23. The van der Waals surface area contributed by atoms with Crippen LogP contribution < -0.4 is 14.2 Å². The van der Waals surface area contributed by atoms with Crippen LogP contribution in [-0.2, 0) is 27.8 Å². The molecule has 1 aromatic heterocycles. The molecule has 188 valence electrons. The number of carbonyl (C=O) groups is 1. The zero-order valence-corrected chi connectivity index (χ0v) is 21.5. The van der Waals surface area contributed by atoms with Gasteiger partial charge in [0.25, 0.3) is 10.0 Å². The van der Waals surface area contributed by atoms with Crippen LogP contribution in [0.15, 0.2) is 53.6 Å². The van der Waals surface area contributed by atoms with Gasteiger partial charge in [0.05, 0.1) is 23.3 Å². The quantitative estimate of drug-likeness (QED) is 0.483. The molecule has 0 saturated heterocycles.